The van der Waals surface area contributed by atoms with E-state index in [9.17, 15) is 8.42 Å². The van der Waals surface area contributed by atoms with Crippen LogP contribution in [0.1, 0.15) is 24.8 Å². The summed E-state index contributed by atoms with van der Waals surface area (Å²) in [5, 5.41) is 1.79. The molecule has 0 saturated heterocycles. The number of hydrogen-bond donors (Lipinski definition) is 1. The fourth-order valence-corrected chi connectivity index (χ4v) is 3.58. The first-order chi connectivity index (χ1) is 10.3. The first kappa shape index (κ1) is 18.5. The Morgan fingerprint density at radius 2 is 2.09 bits per heavy atom. The fourth-order valence-electron chi connectivity index (χ4n) is 1.95. The van der Waals surface area contributed by atoms with E-state index in [-0.39, 0.29) is 5.75 Å². The number of thiazole rings is 1. The molecule has 1 N–H and O–H groups in total. The number of rotatable bonds is 8. The Hall–Kier alpha value is -1.50. The van der Waals surface area contributed by atoms with Gasteiger partial charge in [0, 0.05) is 12.5 Å². The van der Waals surface area contributed by atoms with Gasteiger partial charge in [0.1, 0.15) is 4.53 Å². The van der Waals surface area contributed by atoms with Crippen LogP contribution in [0.4, 0.5) is 0 Å². The van der Waals surface area contributed by atoms with Crippen molar-refractivity contribution in [2.24, 2.45) is 0 Å². The third-order valence-electron chi connectivity index (χ3n) is 3.12. The predicted molar refractivity (Wildman–Crippen MR) is 93.4 cm³/mol. The summed E-state index contributed by atoms with van der Waals surface area (Å²) in [4.78, 5) is 0. The van der Waals surface area contributed by atoms with Crippen LogP contribution in [0.15, 0.2) is 30.9 Å². The molecule has 0 amide bonds. The monoisotopic (exact) mass is 340 g/mol. The van der Waals surface area contributed by atoms with Gasteiger partial charge in [-0.25, -0.2) is 0 Å². The Morgan fingerprint density at radius 3 is 2.59 bits per heavy atom. The summed E-state index contributed by atoms with van der Waals surface area (Å²) in [7, 11) is -3.94. The van der Waals surface area contributed by atoms with E-state index >= 15 is 0 Å². The van der Waals surface area contributed by atoms with E-state index in [0.29, 0.717) is 13.0 Å². The predicted octanol–water partition coefficient (Wildman–Crippen LogP) is 1.67. The molecular formula is C16H22NO3S2+. The summed E-state index contributed by atoms with van der Waals surface area (Å²) in [6.45, 7) is 14.1. The average Bonchev–Trinajstić information content (AvgIpc) is 2.72. The molecule has 0 radical (unpaired) electrons. The van der Waals surface area contributed by atoms with E-state index in [4.69, 9.17) is 4.55 Å². The number of nitrogens with zero attached hydrogens (tertiary/aromatic N) is 1. The van der Waals surface area contributed by atoms with E-state index in [1.165, 1.54) is 0 Å². The van der Waals surface area contributed by atoms with E-state index < -0.39 is 10.1 Å². The highest BCUT2D eigenvalue weighted by atomic mass is 32.2. The maximum Gasteiger partial charge on any atom is 0.265 e. The summed E-state index contributed by atoms with van der Waals surface area (Å²) in [6.07, 6.45) is 8.60. The molecule has 22 heavy (non-hydrogen) atoms. The van der Waals surface area contributed by atoms with Crippen molar-refractivity contribution in [3.8, 4) is 0 Å². The van der Waals surface area contributed by atoms with Crippen LogP contribution < -0.4 is 14.4 Å². The molecular weight excluding hydrogens is 318 g/mol. The second kappa shape index (κ2) is 8.22. The largest absolute Gasteiger partial charge is 0.286 e. The van der Waals surface area contributed by atoms with E-state index in [0.717, 1.165) is 26.9 Å². The molecule has 120 valence electrons. The summed E-state index contributed by atoms with van der Waals surface area (Å²) in [5.74, 6) is -0.263. The molecule has 0 saturated carbocycles. The van der Waals surface area contributed by atoms with Gasteiger partial charge in [-0.05, 0) is 24.6 Å². The van der Waals surface area contributed by atoms with Crippen LogP contribution in [0.25, 0.3) is 18.7 Å². The Bertz CT molecular complexity index is 786. The quantitative estimate of drug-likeness (QED) is 0.445. The average molecular weight is 340 g/mol. The zero-order valence-electron chi connectivity index (χ0n) is 12.8. The highest BCUT2D eigenvalue weighted by Gasteiger charge is 2.16. The maximum absolute atomic E-state index is 10.9. The van der Waals surface area contributed by atoms with Gasteiger partial charge < -0.3 is 0 Å². The van der Waals surface area contributed by atoms with Crippen LogP contribution in [0.5, 0.6) is 0 Å². The number of hydrogen-bond acceptors (Lipinski definition) is 3. The van der Waals surface area contributed by atoms with Gasteiger partial charge in [0.2, 0.25) is 5.35 Å². The van der Waals surface area contributed by atoms with Crippen molar-refractivity contribution in [1.82, 2.24) is 0 Å². The van der Waals surface area contributed by atoms with Crippen molar-refractivity contribution in [1.29, 1.82) is 0 Å². The Morgan fingerprint density at radius 1 is 1.41 bits per heavy atom. The molecule has 0 aliphatic carbocycles. The molecule has 0 aliphatic rings. The number of allylic oxidation sites excluding steroid dienone is 3. The van der Waals surface area contributed by atoms with Crippen LogP contribution in [0.2, 0.25) is 0 Å². The molecule has 4 nitrogen and oxygen atoms in total. The molecule has 0 aliphatic heterocycles. The van der Waals surface area contributed by atoms with Gasteiger partial charge in [-0.2, -0.15) is 13.0 Å². The molecule has 1 aromatic rings. The first-order valence-corrected chi connectivity index (χ1v) is 9.37. The van der Waals surface area contributed by atoms with Gasteiger partial charge in [-0.15, -0.1) is 0 Å². The SMILES string of the molecule is C=C/C=c1/sc(C=C(C=C)CC)[n+](CCCS(=O)(=O)O)c1=C. The molecule has 1 aromatic heterocycles. The lowest BCUT2D eigenvalue weighted by molar-refractivity contribution is -0.706. The van der Waals surface area contributed by atoms with Gasteiger partial charge in [-0.1, -0.05) is 43.6 Å². The van der Waals surface area contributed by atoms with E-state index in [2.05, 4.69) is 19.7 Å². The van der Waals surface area contributed by atoms with E-state index in [1.54, 1.807) is 17.4 Å². The van der Waals surface area contributed by atoms with Crippen molar-refractivity contribution < 1.29 is 17.5 Å². The Kier molecular flexibility index (Phi) is 6.93. The van der Waals surface area contributed by atoms with Crippen LogP contribution >= 0.6 is 11.3 Å². The minimum Gasteiger partial charge on any atom is -0.286 e. The van der Waals surface area contributed by atoms with Crippen LogP contribution in [0.3, 0.4) is 0 Å². The van der Waals surface area contributed by atoms with Crippen molar-refractivity contribution >= 4 is 40.2 Å². The lowest BCUT2D eigenvalue weighted by Crippen LogP contribution is -2.53. The van der Waals surface area contributed by atoms with Gasteiger partial charge in [0.15, 0.2) is 6.54 Å². The molecule has 0 bridgehead atoms. The normalized spacial score (nSPS) is 13.4. The van der Waals surface area contributed by atoms with Crippen molar-refractivity contribution in [2.75, 3.05) is 5.75 Å². The standard InChI is InChI=1S/C16H21NO3S2/c1-5-9-15-13(4)17(10-8-11-22(18,19)20)16(21-15)12-14(6-2)7-3/h5-6,9,12H,1-2,4,7-8,10-11H2,3H3/p+1/b14-12?,15-9+. The smallest absolute Gasteiger partial charge is 0.265 e. The van der Waals surface area contributed by atoms with E-state index in [1.807, 2.05) is 29.7 Å². The van der Waals surface area contributed by atoms with Gasteiger partial charge in [0.25, 0.3) is 15.1 Å². The molecule has 0 unspecified atom stereocenters. The molecule has 0 spiro atoms. The molecule has 0 fully saturated rings. The second-order valence-corrected chi connectivity index (χ2v) is 7.36. The topological polar surface area (TPSA) is 58.2 Å². The highest BCUT2D eigenvalue weighted by molar-refractivity contribution is 7.85. The summed E-state index contributed by atoms with van der Waals surface area (Å²) >= 11 is 1.57. The molecule has 6 heteroatoms. The highest BCUT2D eigenvalue weighted by Crippen LogP contribution is 2.09. The number of aromatic nitrogens is 1. The van der Waals surface area contributed by atoms with Crippen LogP contribution in [0, 0.1) is 0 Å². The summed E-state index contributed by atoms with van der Waals surface area (Å²) in [6, 6.07) is 0. The maximum atomic E-state index is 10.9. The van der Waals surface area contributed by atoms with Gasteiger partial charge in [0.05, 0.1) is 5.75 Å². The molecule has 1 heterocycles. The molecule has 0 aromatic carbocycles. The third-order valence-corrected chi connectivity index (χ3v) is 5.07. The minimum atomic E-state index is -3.94. The van der Waals surface area contributed by atoms with Crippen LogP contribution in [-0.4, -0.2) is 18.7 Å². The Balaban J connectivity index is 3.25. The summed E-state index contributed by atoms with van der Waals surface area (Å²) in [5.41, 5.74) is 1.09. The lowest BCUT2D eigenvalue weighted by Gasteiger charge is -1.97. The Labute approximate surface area is 135 Å². The van der Waals surface area contributed by atoms with Crippen molar-refractivity contribution in [3.63, 3.8) is 0 Å². The first-order valence-electron chi connectivity index (χ1n) is 6.95. The fraction of sp³-hybridized carbons (Fsp3) is 0.312. The zero-order valence-corrected chi connectivity index (χ0v) is 14.4. The zero-order chi connectivity index (χ0) is 16.8. The lowest BCUT2D eigenvalue weighted by atomic mass is 10.2. The second-order valence-electron chi connectivity index (χ2n) is 4.72. The third kappa shape index (κ3) is 5.36. The van der Waals surface area contributed by atoms with Crippen molar-refractivity contribution in [3.05, 3.63) is 45.8 Å². The molecule has 0 atom stereocenters. The molecule has 1 rings (SSSR count). The van der Waals surface area contributed by atoms with Crippen molar-refractivity contribution in [2.45, 2.75) is 26.3 Å². The van der Waals surface area contributed by atoms with Crippen LogP contribution in [-0.2, 0) is 16.7 Å². The van der Waals surface area contributed by atoms with Gasteiger partial charge in [-0.3, -0.25) is 4.55 Å². The van der Waals surface area contributed by atoms with Gasteiger partial charge >= 0.3 is 0 Å². The minimum absolute atomic E-state index is 0.263. The summed E-state index contributed by atoms with van der Waals surface area (Å²) < 4.78 is 33.5.